The molecule has 1 rings (SSSR count). The number of thioether (sulfide) groups is 1. The van der Waals surface area contributed by atoms with Gasteiger partial charge in [0.15, 0.2) is 0 Å². The Morgan fingerprint density at radius 3 is 2.52 bits per heavy atom. The Bertz CT molecular complexity index is 499. The molecule has 0 radical (unpaired) electrons. The van der Waals surface area contributed by atoms with Crippen LogP contribution in [0, 0.1) is 6.92 Å². The molecule has 5 heteroatoms. The smallest absolute Gasteiger partial charge is 0.234 e. The van der Waals surface area contributed by atoms with Crippen molar-refractivity contribution < 1.29 is 4.79 Å². The van der Waals surface area contributed by atoms with Gasteiger partial charge in [0, 0.05) is 18.8 Å². The highest BCUT2D eigenvalue weighted by Gasteiger charge is 2.12. The maximum atomic E-state index is 12.1. The molecule has 0 aromatic heterocycles. The fourth-order valence-electron chi connectivity index (χ4n) is 2.08. The third kappa shape index (κ3) is 5.32. The maximum Gasteiger partial charge on any atom is 0.234 e. The zero-order chi connectivity index (χ0) is 15.8. The molecule has 0 saturated carbocycles. The normalized spacial score (nSPS) is 10.3. The summed E-state index contributed by atoms with van der Waals surface area (Å²) in [5.41, 5.74) is 3.21. The number of aryl methyl sites for hydroxylation is 2. The van der Waals surface area contributed by atoms with Gasteiger partial charge in [-0.25, -0.2) is 0 Å². The van der Waals surface area contributed by atoms with Gasteiger partial charge in [-0.3, -0.25) is 4.79 Å². The lowest BCUT2D eigenvalue weighted by molar-refractivity contribution is -0.113. The van der Waals surface area contributed by atoms with Crippen molar-refractivity contribution in [1.29, 1.82) is 0 Å². The molecule has 116 valence electrons. The molecule has 0 fully saturated rings. The fraction of sp³-hybridized carbons (Fsp3) is 0.500. The maximum absolute atomic E-state index is 12.1. The van der Waals surface area contributed by atoms with Crippen molar-refractivity contribution in [2.45, 2.75) is 34.1 Å². The first-order chi connectivity index (χ1) is 10.0. The Hall–Kier alpha value is -1.07. The average Bonchev–Trinajstić information content (AvgIpc) is 2.48. The second kappa shape index (κ2) is 9.05. The van der Waals surface area contributed by atoms with Crippen LogP contribution in [0.5, 0.6) is 0 Å². The monoisotopic (exact) mass is 324 g/mol. The number of para-hydroxylation sites is 1. The summed E-state index contributed by atoms with van der Waals surface area (Å²) >= 11 is 6.77. The van der Waals surface area contributed by atoms with E-state index in [4.69, 9.17) is 12.2 Å². The molecule has 0 bridgehead atoms. The summed E-state index contributed by atoms with van der Waals surface area (Å²) in [6, 6.07) is 6.09. The van der Waals surface area contributed by atoms with E-state index < -0.39 is 0 Å². The van der Waals surface area contributed by atoms with Crippen molar-refractivity contribution in [2.24, 2.45) is 0 Å². The van der Waals surface area contributed by atoms with Gasteiger partial charge in [-0.05, 0) is 38.3 Å². The van der Waals surface area contributed by atoms with Gasteiger partial charge in [-0.1, -0.05) is 49.1 Å². The molecule has 3 nitrogen and oxygen atoms in total. The van der Waals surface area contributed by atoms with Crippen LogP contribution >= 0.6 is 24.0 Å². The van der Waals surface area contributed by atoms with E-state index >= 15 is 0 Å². The lowest BCUT2D eigenvalue weighted by Gasteiger charge is -2.20. The van der Waals surface area contributed by atoms with E-state index in [2.05, 4.69) is 37.1 Å². The molecule has 0 aliphatic heterocycles. The largest absolute Gasteiger partial charge is 0.358 e. The van der Waals surface area contributed by atoms with E-state index in [1.165, 1.54) is 17.3 Å². The Balaban J connectivity index is 2.61. The number of thiocarbonyl (C=S) groups is 1. The molecule has 0 atom stereocenters. The van der Waals surface area contributed by atoms with Crippen molar-refractivity contribution in [1.82, 2.24) is 4.90 Å². The van der Waals surface area contributed by atoms with Crippen LogP contribution in [-0.2, 0) is 11.2 Å². The number of amides is 1. The van der Waals surface area contributed by atoms with Gasteiger partial charge in [-0.15, -0.1) is 0 Å². The molecule has 21 heavy (non-hydrogen) atoms. The first-order valence-corrected chi connectivity index (χ1v) is 8.72. The lowest BCUT2D eigenvalue weighted by atomic mass is 10.1. The van der Waals surface area contributed by atoms with Crippen molar-refractivity contribution >= 4 is 39.9 Å². The van der Waals surface area contributed by atoms with Gasteiger partial charge in [0.05, 0.1) is 5.75 Å². The minimum Gasteiger partial charge on any atom is -0.358 e. The topological polar surface area (TPSA) is 32.3 Å². The van der Waals surface area contributed by atoms with Gasteiger partial charge in [-0.2, -0.15) is 0 Å². The number of nitrogens with one attached hydrogen (secondary N) is 1. The van der Waals surface area contributed by atoms with Crippen LogP contribution in [0.25, 0.3) is 0 Å². The minimum atomic E-state index is -0.00138. The molecular weight excluding hydrogens is 300 g/mol. The van der Waals surface area contributed by atoms with E-state index in [0.717, 1.165) is 35.1 Å². The standard InChI is InChI=1S/C16H24N2OS2/c1-5-13-10-8-9-12(4)15(13)17-14(19)11-21-16(20)18(6-2)7-3/h8-10H,5-7,11H2,1-4H3,(H,17,19). The highest BCUT2D eigenvalue weighted by Crippen LogP contribution is 2.21. The molecule has 0 heterocycles. The Kier molecular flexibility index (Phi) is 7.75. The van der Waals surface area contributed by atoms with E-state index in [9.17, 15) is 4.79 Å². The van der Waals surface area contributed by atoms with E-state index in [-0.39, 0.29) is 5.91 Å². The van der Waals surface area contributed by atoms with Gasteiger partial charge < -0.3 is 10.2 Å². The molecule has 0 aliphatic carbocycles. The van der Waals surface area contributed by atoms with Crippen LogP contribution in [0.1, 0.15) is 31.9 Å². The van der Waals surface area contributed by atoms with Gasteiger partial charge >= 0.3 is 0 Å². The number of benzene rings is 1. The number of nitrogens with zero attached hydrogens (tertiary/aromatic N) is 1. The molecule has 1 aromatic rings. The molecule has 1 amide bonds. The summed E-state index contributed by atoms with van der Waals surface area (Å²) in [7, 11) is 0. The van der Waals surface area contributed by atoms with Gasteiger partial charge in [0.25, 0.3) is 0 Å². The number of rotatable bonds is 6. The molecule has 1 aromatic carbocycles. The Labute approximate surface area is 137 Å². The number of hydrogen-bond acceptors (Lipinski definition) is 3. The number of anilines is 1. The number of carbonyl (C=O) groups excluding carboxylic acids is 1. The molecule has 0 aliphatic rings. The number of carbonyl (C=O) groups is 1. The molecule has 0 unspecified atom stereocenters. The third-order valence-corrected chi connectivity index (χ3v) is 4.88. The highest BCUT2D eigenvalue weighted by molar-refractivity contribution is 8.23. The first kappa shape index (κ1) is 18.0. The second-order valence-electron chi connectivity index (χ2n) is 4.74. The Morgan fingerprint density at radius 2 is 1.95 bits per heavy atom. The summed E-state index contributed by atoms with van der Waals surface area (Å²) in [4.78, 5) is 14.2. The summed E-state index contributed by atoms with van der Waals surface area (Å²) in [6.07, 6.45) is 0.905. The van der Waals surface area contributed by atoms with Gasteiger partial charge in [0.2, 0.25) is 5.91 Å². The summed E-state index contributed by atoms with van der Waals surface area (Å²) in [5.74, 6) is 0.353. The zero-order valence-corrected chi connectivity index (χ0v) is 14.9. The average molecular weight is 325 g/mol. The number of hydrogen-bond donors (Lipinski definition) is 1. The van der Waals surface area contributed by atoms with Crippen LogP contribution in [0.3, 0.4) is 0 Å². The Morgan fingerprint density at radius 1 is 1.29 bits per heavy atom. The van der Waals surface area contributed by atoms with Crippen molar-refractivity contribution in [3.8, 4) is 0 Å². The fourth-order valence-corrected chi connectivity index (χ4v) is 3.28. The van der Waals surface area contributed by atoms with Crippen molar-refractivity contribution in [3.63, 3.8) is 0 Å². The van der Waals surface area contributed by atoms with E-state index in [0.29, 0.717) is 5.75 Å². The molecule has 0 saturated heterocycles. The van der Waals surface area contributed by atoms with Crippen molar-refractivity contribution in [3.05, 3.63) is 29.3 Å². The first-order valence-electron chi connectivity index (χ1n) is 7.33. The zero-order valence-electron chi connectivity index (χ0n) is 13.2. The summed E-state index contributed by atoms with van der Waals surface area (Å²) in [5, 5.41) is 3.02. The van der Waals surface area contributed by atoms with E-state index in [1.807, 2.05) is 19.1 Å². The lowest BCUT2D eigenvalue weighted by Crippen LogP contribution is -2.28. The minimum absolute atomic E-state index is 0.00138. The predicted octanol–water partition coefficient (Wildman–Crippen LogP) is 3.86. The molecule has 1 N–H and O–H groups in total. The summed E-state index contributed by atoms with van der Waals surface area (Å²) in [6.45, 7) is 10.00. The molecule has 0 spiro atoms. The summed E-state index contributed by atoms with van der Waals surface area (Å²) < 4.78 is 0.788. The molecular formula is C16H24N2OS2. The second-order valence-corrected chi connectivity index (χ2v) is 6.35. The van der Waals surface area contributed by atoms with Crippen LogP contribution in [0.2, 0.25) is 0 Å². The SMILES string of the molecule is CCc1cccc(C)c1NC(=O)CSC(=S)N(CC)CC. The predicted molar refractivity (Wildman–Crippen MR) is 97.2 cm³/mol. The van der Waals surface area contributed by atoms with Crippen molar-refractivity contribution in [2.75, 3.05) is 24.2 Å². The third-order valence-electron chi connectivity index (χ3n) is 3.35. The van der Waals surface area contributed by atoms with Gasteiger partial charge in [0.1, 0.15) is 4.32 Å². The van der Waals surface area contributed by atoms with Crippen LogP contribution in [0.15, 0.2) is 18.2 Å². The highest BCUT2D eigenvalue weighted by atomic mass is 32.2. The van der Waals surface area contributed by atoms with Crippen LogP contribution < -0.4 is 5.32 Å². The quantitative estimate of drug-likeness (QED) is 0.806. The van der Waals surface area contributed by atoms with Crippen LogP contribution in [0.4, 0.5) is 5.69 Å². The van der Waals surface area contributed by atoms with Crippen LogP contribution in [-0.4, -0.2) is 34.0 Å². The van der Waals surface area contributed by atoms with E-state index in [1.54, 1.807) is 0 Å².